The van der Waals surface area contributed by atoms with E-state index in [0.29, 0.717) is 11.3 Å². The van der Waals surface area contributed by atoms with Crippen molar-refractivity contribution in [2.24, 2.45) is 7.05 Å². The summed E-state index contributed by atoms with van der Waals surface area (Å²) >= 11 is 0. The van der Waals surface area contributed by atoms with Gasteiger partial charge in [-0.2, -0.15) is 5.10 Å². The monoisotopic (exact) mass is 295 g/mol. The first kappa shape index (κ1) is 14.1. The molecule has 0 aromatic carbocycles. The van der Waals surface area contributed by atoms with Gasteiger partial charge < -0.3 is 9.88 Å². The largest absolute Gasteiger partial charge is 0.319 e. The van der Waals surface area contributed by atoms with Crippen LogP contribution in [0.2, 0.25) is 0 Å². The Morgan fingerprint density at radius 1 is 1.27 bits per heavy atom. The third-order valence-corrected chi connectivity index (χ3v) is 3.54. The highest BCUT2D eigenvalue weighted by Gasteiger charge is 2.17. The number of hydrogen-bond donors (Lipinski definition) is 1. The molecule has 1 N–H and O–H groups in total. The minimum absolute atomic E-state index is 0.142. The van der Waals surface area contributed by atoms with Gasteiger partial charge in [0.2, 0.25) is 0 Å². The van der Waals surface area contributed by atoms with Crippen LogP contribution in [-0.2, 0) is 7.05 Å². The Kier molecular flexibility index (Phi) is 3.50. The smallest absolute Gasteiger partial charge is 0.257 e. The second-order valence-electron chi connectivity index (χ2n) is 5.19. The lowest BCUT2D eigenvalue weighted by atomic mass is 10.2. The quantitative estimate of drug-likeness (QED) is 0.807. The highest BCUT2D eigenvalue weighted by molar-refractivity contribution is 6.05. The van der Waals surface area contributed by atoms with Gasteiger partial charge in [-0.25, -0.2) is 0 Å². The predicted molar refractivity (Wildman–Crippen MR) is 84.2 cm³/mol. The number of pyridine rings is 1. The van der Waals surface area contributed by atoms with Crippen LogP contribution in [0.25, 0.3) is 5.69 Å². The molecule has 0 saturated heterocycles. The van der Waals surface area contributed by atoms with Gasteiger partial charge in [0.15, 0.2) is 0 Å². The number of amides is 1. The van der Waals surface area contributed by atoms with Crippen molar-refractivity contribution in [3.8, 4) is 5.69 Å². The van der Waals surface area contributed by atoms with Gasteiger partial charge >= 0.3 is 0 Å². The number of nitrogens with zero attached hydrogens (tertiary/aromatic N) is 4. The molecule has 0 bridgehead atoms. The van der Waals surface area contributed by atoms with Gasteiger partial charge in [0.25, 0.3) is 5.91 Å². The summed E-state index contributed by atoms with van der Waals surface area (Å²) in [4.78, 5) is 16.6. The number of nitrogens with one attached hydrogen (secondary N) is 1. The molecule has 0 aliphatic carbocycles. The molecule has 112 valence electrons. The summed E-state index contributed by atoms with van der Waals surface area (Å²) in [5.74, 6) is -0.142. The third kappa shape index (κ3) is 2.50. The maximum atomic E-state index is 12.5. The first-order valence-corrected chi connectivity index (χ1v) is 6.95. The molecule has 0 spiro atoms. The maximum absolute atomic E-state index is 12.5. The Morgan fingerprint density at radius 2 is 2.09 bits per heavy atom. The molecule has 0 fully saturated rings. The molecule has 0 unspecified atom stereocenters. The summed E-state index contributed by atoms with van der Waals surface area (Å²) in [6.45, 7) is 3.90. The first-order valence-electron chi connectivity index (χ1n) is 6.95. The van der Waals surface area contributed by atoms with Crippen molar-refractivity contribution in [2.45, 2.75) is 13.8 Å². The van der Waals surface area contributed by atoms with Crippen LogP contribution in [0.3, 0.4) is 0 Å². The van der Waals surface area contributed by atoms with Crippen LogP contribution in [-0.4, -0.2) is 25.2 Å². The van der Waals surface area contributed by atoms with Crippen LogP contribution in [0.5, 0.6) is 0 Å². The standard InChI is InChI=1S/C16H17N5O/c1-11-7-15(16(22)19-13-8-18-20(3)10-13)12(2)21(11)14-5-4-6-17-9-14/h4-10H,1-3H3,(H,19,22). The van der Waals surface area contributed by atoms with E-state index >= 15 is 0 Å². The van der Waals surface area contributed by atoms with Gasteiger partial charge in [-0.3, -0.25) is 14.5 Å². The van der Waals surface area contributed by atoms with E-state index in [-0.39, 0.29) is 5.91 Å². The Morgan fingerprint density at radius 3 is 2.73 bits per heavy atom. The van der Waals surface area contributed by atoms with Crippen molar-refractivity contribution in [2.75, 3.05) is 5.32 Å². The number of carbonyl (C=O) groups is 1. The number of rotatable bonds is 3. The molecule has 3 aromatic heterocycles. The Labute approximate surface area is 128 Å². The van der Waals surface area contributed by atoms with Gasteiger partial charge in [0, 0.05) is 30.8 Å². The van der Waals surface area contributed by atoms with Crippen molar-refractivity contribution in [1.82, 2.24) is 19.3 Å². The normalized spacial score (nSPS) is 10.7. The fourth-order valence-corrected chi connectivity index (χ4v) is 2.56. The lowest BCUT2D eigenvalue weighted by molar-refractivity contribution is 0.102. The summed E-state index contributed by atoms with van der Waals surface area (Å²) in [5.41, 5.74) is 4.13. The van der Waals surface area contributed by atoms with Gasteiger partial charge in [0.1, 0.15) is 0 Å². The zero-order chi connectivity index (χ0) is 15.7. The summed E-state index contributed by atoms with van der Waals surface area (Å²) < 4.78 is 3.67. The van der Waals surface area contributed by atoms with Crippen LogP contribution >= 0.6 is 0 Å². The highest BCUT2D eigenvalue weighted by Crippen LogP contribution is 2.21. The first-order chi connectivity index (χ1) is 10.6. The molecule has 3 heterocycles. The van der Waals surface area contributed by atoms with E-state index in [1.54, 1.807) is 29.5 Å². The van der Waals surface area contributed by atoms with Gasteiger partial charge in [-0.1, -0.05) is 0 Å². The fourth-order valence-electron chi connectivity index (χ4n) is 2.56. The van der Waals surface area contributed by atoms with E-state index in [1.165, 1.54) is 0 Å². The van der Waals surface area contributed by atoms with E-state index in [0.717, 1.165) is 17.1 Å². The van der Waals surface area contributed by atoms with Crippen molar-refractivity contribution in [3.05, 3.63) is 59.9 Å². The Bertz CT molecular complexity index is 816. The van der Waals surface area contributed by atoms with E-state index in [4.69, 9.17) is 0 Å². The lowest BCUT2D eigenvalue weighted by Gasteiger charge is -2.09. The number of aromatic nitrogens is 4. The molecular weight excluding hydrogens is 278 g/mol. The minimum Gasteiger partial charge on any atom is -0.319 e. The molecule has 0 aliphatic heterocycles. The Balaban J connectivity index is 1.94. The second kappa shape index (κ2) is 5.48. The molecule has 0 atom stereocenters. The molecule has 0 saturated carbocycles. The van der Waals surface area contributed by atoms with Crippen molar-refractivity contribution < 1.29 is 4.79 Å². The summed E-state index contributed by atoms with van der Waals surface area (Å²) in [6, 6.07) is 5.73. The predicted octanol–water partition coefficient (Wildman–Crippen LogP) is 2.47. The zero-order valence-corrected chi connectivity index (χ0v) is 12.7. The number of aryl methyl sites for hydroxylation is 2. The molecule has 6 heteroatoms. The van der Waals surface area contributed by atoms with Crippen LogP contribution in [0.1, 0.15) is 21.7 Å². The molecule has 22 heavy (non-hydrogen) atoms. The fraction of sp³-hybridized carbons (Fsp3) is 0.188. The van der Waals surface area contributed by atoms with Crippen molar-refractivity contribution >= 4 is 11.6 Å². The number of anilines is 1. The SMILES string of the molecule is Cc1cc(C(=O)Nc2cnn(C)c2)c(C)n1-c1cccnc1. The van der Waals surface area contributed by atoms with Gasteiger partial charge in [-0.15, -0.1) is 0 Å². The minimum atomic E-state index is -0.142. The molecule has 3 aromatic rings. The van der Waals surface area contributed by atoms with Crippen LogP contribution in [0, 0.1) is 13.8 Å². The molecule has 0 radical (unpaired) electrons. The van der Waals surface area contributed by atoms with Crippen LogP contribution in [0.4, 0.5) is 5.69 Å². The Hall–Kier alpha value is -2.89. The van der Waals surface area contributed by atoms with E-state index in [9.17, 15) is 4.79 Å². The summed E-state index contributed by atoms with van der Waals surface area (Å²) in [7, 11) is 1.81. The maximum Gasteiger partial charge on any atom is 0.257 e. The number of hydrogen-bond acceptors (Lipinski definition) is 3. The topological polar surface area (TPSA) is 64.7 Å². The van der Waals surface area contributed by atoms with Crippen molar-refractivity contribution in [3.63, 3.8) is 0 Å². The second-order valence-corrected chi connectivity index (χ2v) is 5.19. The highest BCUT2D eigenvalue weighted by atomic mass is 16.1. The van der Waals surface area contributed by atoms with Gasteiger partial charge in [-0.05, 0) is 32.0 Å². The average Bonchev–Trinajstić information content (AvgIpc) is 3.03. The van der Waals surface area contributed by atoms with Crippen LogP contribution < -0.4 is 5.32 Å². The molecule has 6 nitrogen and oxygen atoms in total. The van der Waals surface area contributed by atoms with Gasteiger partial charge in [0.05, 0.1) is 29.3 Å². The molecule has 1 amide bonds. The van der Waals surface area contributed by atoms with Crippen molar-refractivity contribution in [1.29, 1.82) is 0 Å². The lowest BCUT2D eigenvalue weighted by Crippen LogP contribution is -2.12. The summed E-state index contributed by atoms with van der Waals surface area (Å²) in [5, 5.41) is 6.91. The van der Waals surface area contributed by atoms with Crippen LogP contribution in [0.15, 0.2) is 43.0 Å². The third-order valence-electron chi connectivity index (χ3n) is 3.54. The van der Waals surface area contributed by atoms with E-state index in [1.807, 2.05) is 43.7 Å². The number of carbonyl (C=O) groups excluding carboxylic acids is 1. The molecule has 3 rings (SSSR count). The van der Waals surface area contributed by atoms with E-state index < -0.39 is 0 Å². The van der Waals surface area contributed by atoms with E-state index in [2.05, 4.69) is 15.4 Å². The molecule has 0 aliphatic rings. The molecular formula is C16H17N5O. The zero-order valence-electron chi connectivity index (χ0n) is 12.7. The summed E-state index contributed by atoms with van der Waals surface area (Å²) in [6.07, 6.45) is 6.90. The average molecular weight is 295 g/mol.